The van der Waals surface area contributed by atoms with Crippen molar-refractivity contribution in [1.29, 1.82) is 0 Å². The van der Waals surface area contributed by atoms with Crippen LogP contribution in [-0.4, -0.2) is 34.2 Å². The van der Waals surface area contributed by atoms with E-state index < -0.39 is 0 Å². The summed E-state index contributed by atoms with van der Waals surface area (Å²) in [4.78, 5) is 18.7. The summed E-state index contributed by atoms with van der Waals surface area (Å²) >= 11 is 7.36. The Morgan fingerprint density at radius 3 is 2.74 bits per heavy atom. The minimum absolute atomic E-state index is 0.0143. The topological polar surface area (TPSA) is 71.0 Å². The van der Waals surface area contributed by atoms with Crippen molar-refractivity contribution in [2.24, 2.45) is 5.92 Å². The van der Waals surface area contributed by atoms with Gasteiger partial charge in [-0.15, -0.1) is 21.5 Å². The molecule has 0 bridgehead atoms. The van der Waals surface area contributed by atoms with E-state index in [4.69, 9.17) is 11.6 Å². The first kappa shape index (κ1) is 17.9. The quantitative estimate of drug-likeness (QED) is 0.714. The summed E-state index contributed by atoms with van der Waals surface area (Å²) < 4.78 is 0. The van der Waals surface area contributed by atoms with Gasteiger partial charge >= 0.3 is 0 Å². The van der Waals surface area contributed by atoms with Crippen LogP contribution in [0.25, 0.3) is 11.3 Å². The number of thiazole rings is 1. The predicted molar refractivity (Wildman–Crippen MR) is 108 cm³/mol. The Morgan fingerprint density at radius 2 is 2.04 bits per heavy atom. The average Bonchev–Trinajstić information content (AvgIpc) is 3.22. The number of nitrogens with one attached hydrogen (secondary N) is 1. The van der Waals surface area contributed by atoms with Crippen LogP contribution in [0.3, 0.4) is 0 Å². The van der Waals surface area contributed by atoms with Crippen molar-refractivity contribution in [3.8, 4) is 11.3 Å². The molecule has 8 heteroatoms. The van der Waals surface area contributed by atoms with Crippen molar-refractivity contribution in [2.45, 2.75) is 12.8 Å². The zero-order valence-corrected chi connectivity index (χ0v) is 16.1. The van der Waals surface area contributed by atoms with Gasteiger partial charge in [-0.25, -0.2) is 4.98 Å². The molecule has 0 aliphatic carbocycles. The first-order valence-electron chi connectivity index (χ1n) is 8.74. The second-order valence-electron chi connectivity index (χ2n) is 6.40. The maximum absolute atomic E-state index is 12.5. The van der Waals surface area contributed by atoms with Crippen LogP contribution in [0.15, 0.2) is 48.0 Å². The van der Waals surface area contributed by atoms with E-state index in [1.165, 1.54) is 11.3 Å². The molecule has 0 radical (unpaired) electrons. The minimum atomic E-state index is -0.0830. The lowest BCUT2D eigenvalue weighted by atomic mass is 9.97. The fraction of sp³-hybridized carbons (Fsp3) is 0.263. The van der Waals surface area contributed by atoms with Crippen molar-refractivity contribution < 1.29 is 4.79 Å². The Balaban J connectivity index is 1.43. The maximum atomic E-state index is 12.5. The zero-order valence-electron chi connectivity index (χ0n) is 14.5. The maximum Gasteiger partial charge on any atom is 0.231 e. The van der Waals surface area contributed by atoms with Gasteiger partial charge < -0.3 is 10.2 Å². The van der Waals surface area contributed by atoms with Gasteiger partial charge in [0.2, 0.25) is 5.91 Å². The molecule has 1 aromatic carbocycles. The Kier molecular flexibility index (Phi) is 5.31. The van der Waals surface area contributed by atoms with Crippen LogP contribution in [0.4, 0.5) is 10.9 Å². The van der Waals surface area contributed by atoms with E-state index in [0.29, 0.717) is 16.7 Å². The van der Waals surface area contributed by atoms with Gasteiger partial charge in [0.15, 0.2) is 10.9 Å². The van der Waals surface area contributed by atoms with Crippen LogP contribution < -0.4 is 10.2 Å². The van der Waals surface area contributed by atoms with E-state index >= 15 is 0 Å². The van der Waals surface area contributed by atoms with Crippen molar-refractivity contribution in [2.75, 3.05) is 23.3 Å². The molecule has 1 aliphatic heterocycles. The van der Waals surface area contributed by atoms with E-state index in [1.807, 2.05) is 41.8 Å². The number of halogens is 1. The Bertz CT molecular complexity index is 899. The smallest absolute Gasteiger partial charge is 0.231 e. The third-order valence-electron chi connectivity index (χ3n) is 4.57. The summed E-state index contributed by atoms with van der Waals surface area (Å²) in [7, 11) is 0. The molecule has 1 aliphatic rings. The summed E-state index contributed by atoms with van der Waals surface area (Å²) in [6.45, 7) is 1.50. The van der Waals surface area contributed by atoms with Gasteiger partial charge in [0.1, 0.15) is 0 Å². The number of rotatable bonds is 4. The SMILES string of the molecule is O=C(Nc1nccs1)C1CCCN(c2ccc(-c3ccc(Cl)cc3)nn2)C1. The van der Waals surface area contributed by atoms with Crippen LogP contribution in [0.2, 0.25) is 5.02 Å². The highest BCUT2D eigenvalue weighted by Gasteiger charge is 2.27. The molecule has 0 spiro atoms. The largest absolute Gasteiger partial charge is 0.354 e. The van der Waals surface area contributed by atoms with E-state index in [9.17, 15) is 4.79 Å². The Hall–Kier alpha value is -2.51. The molecule has 3 aromatic rings. The van der Waals surface area contributed by atoms with Gasteiger partial charge in [-0.2, -0.15) is 0 Å². The van der Waals surface area contributed by atoms with Crippen molar-refractivity contribution in [1.82, 2.24) is 15.2 Å². The second-order valence-corrected chi connectivity index (χ2v) is 7.73. The number of carbonyl (C=O) groups is 1. The summed E-state index contributed by atoms with van der Waals surface area (Å²) in [6, 6.07) is 11.4. The number of anilines is 2. The lowest BCUT2D eigenvalue weighted by Gasteiger charge is -2.32. The average molecular weight is 400 g/mol. The number of nitrogens with zero attached hydrogens (tertiary/aromatic N) is 4. The molecule has 4 rings (SSSR count). The van der Waals surface area contributed by atoms with Crippen LogP contribution in [0.5, 0.6) is 0 Å². The molecule has 1 saturated heterocycles. The number of carbonyl (C=O) groups excluding carboxylic acids is 1. The van der Waals surface area contributed by atoms with Gasteiger partial charge in [-0.1, -0.05) is 23.7 Å². The van der Waals surface area contributed by atoms with E-state index in [0.717, 1.165) is 36.5 Å². The molecular weight excluding hydrogens is 382 g/mol. The Morgan fingerprint density at radius 1 is 1.19 bits per heavy atom. The molecule has 1 unspecified atom stereocenters. The Labute approximate surface area is 166 Å². The summed E-state index contributed by atoms with van der Waals surface area (Å²) in [5, 5.41) is 14.8. The highest BCUT2D eigenvalue weighted by Crippen LogP contribution is 2.25. The van der Waals surface area contributed by atoms with E-state index in [1.54, 1.807) is 6.20 Å². The van der Waals surface area contributed by atoms with Crippen LogP contribution in [0.1, 0.15) is 12.8 Å². The van der Waals surface area contributed by atoms with Gasteiger partial charge in [-0.05, 0) is 37.1 Å². The molecule has 3 heterocycles. The lowest BCUT2D eigenvalue weighted by molar-refractivity contribution is -0.120. The highest BCUT2D eigenvalue weighted by atomic mass is 35.5. The number of hydrogen-bond acceptors (Lipinski definition) is 6. The highest BCUT2D eigenvalue weighted by molar-refractivity contribution is 7.13. The summed E-state index contributed by atoms with van der Waals surface area (Å²) in [5.41, 5.74) is 1.77. The number of aromatic nitrogens is 3. The third-order valence-corrected chi connectivity index (χ3v) is 5.51. The van der Waals surface area contributed by atoms with E-state index in [-0.39, 0.29) is 11.8 Å². The zero-order chi connectivity index (χ0) is 18.6. The molecule has 6 nitrogen and oxygen atoms in total. The first-order valence-corrected chi connectivity index (χ1v) is 10.00. The normalized spacial score (nSPS) is 16.9. The molecule has 0 saturated carbocycles. The molecular formula is C19H18ClN5OS. The molecule has 1 atom stereocenters. The molecule has 1 N–H and O–H groups in total. The first-order chi connectivity index (χ1) is 13.2. The number of piperidine rings is 1. The van der Waals surface area contributed by atoms with Gasteiger partial charge in [-0.3, -0.25) is 4.79 Å². The lowest BCUT2D eigenvalue weighted by Crippen LogP contribution is -2.41. The second kappa shape index (κ2) is 8.02. The number of benzene rings is 1. The van der Waals surface area contributed by atoms with Gasteiger partial charge in [0, 0.05) is 35.3 Å². The molecule has 1 amide bonds. The fourth-order valence-electron chi connectivity index (χ4n) is 3.16. The number of hydrogen-bond donors (Lipinski definition) is 1. The number of amides is 1. The van der Waals surface area contributed by atoms with Crippen molar-refractivity contribution in [3.05, 3.63) is 53.0 Å². The van der Waals surface area contributed by atoms with Crippen molar-refractivity contribution in [3.63, 3.8) is 0 Å². The predicted octanol–water partition coefficient (Wildman–Crippen LogP) is 4.11. The van der Waals surface area contributed by atoms with Crippen LogP contribution in [0, 0.1) is 5.92 Å². The summed E-state index contributed by atoms with van der Waals surface area (Å²) in [5.74, 6) is 0.722. The summed E-state index contributed by atoms with van der Waals surface area (Å²) in [6.07, 6.45) is 3.49. The van der Waals surface area contributed by atoms with Crippen LogP contribution >= 0.6 is 22.9 Å². The molecule has 138 valence electrons. The van der Waals surface area contributed by atoms with Gasteiger partial charge in [0.25, 0.3) is 0 Å². The van der Waals surface area contributed by atoms with Crippen molar-refractivity contribution >= 4 is 39.8 Å². The monoisotopic (exact) mass is 399 g/mol. The molecule has 1 fully saturated rings. The minimum Gasteiger partial charge on any atom is -0.354 e. The third kappa shape index (κ3) is 4.26. The van der Waals surface area contributed by atoms with Gasteiger partial charge in [0.05, 0.1) is 11.6 Å². The van der Waals surface area contributed by atoms with Crippen LogP contribution in [-0.2, 0) is 4.79 Å². The molecule has 2 aromatic heterocycles. The molecule has 27 heavy (non-hydrogen) atoms. The van der Waals surface area contributed by atoms with E-state index in [2.05, 4.69) is 25.4 Å². The standard InChI is InChI=1S/C19H18ClN5OS/c20-15-5-3-13(4-6-15)16-7-8-17(24-23-16)25-10-1-2-14(12-25)18(26)22-19-21-9-11-27-19/h3-9,11,14H,1-2,10,12H2,(H,21,22,26). The fourth-order valence-corrected chi connectivity index (χ4v) is 3.82.